The molecule has 5 nitrogen and oxygen atoms in total. The minimum atomic E-state index is -3.24. The molecular weight excluding hydrogens is 266 g/mol. The maximum Gasteiger partial charge on any atom is 0.303 e. The predicted octanol–water partition coefficient (Wildman–Crippen LogP) is 2.23. The molecule has 0 radical (unpaired) electrons. The van der Waals surface area contributed by atoms with Crippen LogP contribution in [0.25, 0.3) is 0 Å². The number of carboxylic acid groups (broad SMARTS) is 1. The highest BCUT2D eigenvalue weighted by Gasteiger charge is 2.25. The van der Waals surface area contributed by atoms with Gasteiger partial charge in [0, 0.05) is 13.0 Å². The van der Waals surface area contributed by atoms with Gasteiger partial charge in [0.2, 0.25) is 10.0 Å². The molecule has 0 bridgehead atoms. The Labute approximate surface area is 116 Å². The zero-order valence-electron chi connectivity index (χ0n) is 12.6. The standard InChI is InChI=1S/C13H27NO4S/c1-10(2)19(17,18)14-9-8-11(13(3,4)5)6-7-12(15)16/h10-11,14H,6-9H2,1-5H3,(H,15,16). The van der Waals surface area contributed by atoms with Crippen LogP contribution in [0.5, 0.6) is 0 Å². The van der Waals surface area contributed by atoms with E-state index in [9.17, 15) is 13.2 Å². The van der Waals surface area contributed by atoms with Crippen molar-refractivity contribution in [2.45, 2.75) is 59.1 Å². The predicted molar refractivity (Wildman–Crippen MR) is 76.5 cm³/mol. The quantitative estimate of drug-likeness (QED) is 0.719. The summed E-state index contributed by atoms with van der Waals surface area (Å²) in [5.74, 6) is -0.629. The maximum atomic E-state index is 11.6. The normalized spacial score (nSPS) is 14.6. The fourth-order valence-electron chi connectivity index (χ4n) is 1.85. The van der Waals surface area contributed by atoms with Gasteiger partial charge < -0.3 is 5.11 Å². The number of carboxylic acids is 1. The van der Waals surface area contributed by atoms with Gasteiger partial charge in [0.1, 0.15) is 0 Å². The van der Waals surface area contributed by atoms with Gasteiger partial charge in [-0.2, -0.15) is 0 Å². The summed E-state index contributed by atoms with van der Waals surface area (Å²) >= 11 is 0. The summed E-state index contributed by atoms with van der Waals surface area (Å²) in [5.41, 5.74) is -0.0290. The van der Waals surface area contributed by atoms with Gasteiger partial charge in [-0.15, -0.1) is 0 Å². The minimum absolute atomic E-state index is 0.0290. The third-order valence-corrected chi connectivity index (χ3v) is 5.20. The van der Waals surface area contributed by atoms with Gasteiger partial charge in [0.05, 0.1) is 5.25 Å². The van der Waals surface area contributed by atoms with Crippen LogP contribution in [0.2, 0.25) is 0 Å². The lowest BCUT2D eigenvalue weighted by atomic mass is 9.76. The Kier molecular flexibility index (Phi) is 7.00. The number of sulfonamides is 1. The molecule has 0 aliphatic rings. The highest BCUT2D eigenvalue weighted by atomic mass is 32.2. The molecule has 0 saturated heterocycles. The zero-order chi connectivity index (χ0) is 15.3. The largest absolute Gasteiger partial charge is 0.481 e. The van der Waals surface area contributed by atoms with Crippen LogP contribution in [-0.4, -0.2) is 31.3 Å². The highest BCUT2D eigenvalue weighted by molar-refractivity contribution is 7.90. The molecule has 1 unspecified atom stereocenters. The topological polar surface area (TPSA) is 83.5 Å². The minimum Gasteiger partial charge on any atom is -0.481 e. The first kappa shape index (κ1) is 18.4. The Bertz CT molecular complexity index is 382. The van der Waals surface area contributed by atoms with E-state index in [-0.39, 0.29) is 17.8 Å². The van der Waals surface area contributed by atoms with E-state index in [0.29, 0.717) is 19.4 Å². The van der Waals surface area contributed by atoms with Gasteiger partial charge >= 0.3 is 5.97 Å². The first-order valence-corrected chi connectivity index (χ1v) is 8.21. The molecule has 0 heterocycles. The monoisotopic (exact) mass is 293 g/mol. The molecule has 114 valence electrons. The Balaban J connectivity index is 4.40. The number of nitrogens with one attached hydrogen (secondary N) is 1. The van der Waals surface area contributed by atoms with Crippen LogP contribution in [0.3, 0.4) is 0 Å². The lowest BCUT2D eigenvalue weighted by Gasteiger charge is -2.30. The summed E-state index contributed by atoms with van der Waals surface area (Å²) in [6.45, 7) is 9.79. The molecule has 0 aliphatic heterocycles. The number of carbonyl (C=O) groups is 1. The van der Waals surface area contributed by atoms with Crippen LogP contribution in [-0.2, 0) is 14.8 Å². The summed E-state index contributed by atoms with van der Waals surface area (Å²) < 4.78 is 25.8. The number of aliphatic carboxylic acids is 1. The van der Waals surface area contributed by atoms with Gasteiger partial charge in [-0.3, -0.25) is 4.79 Å². The van der Waals surface area contributed by atoms with Crippen molar-refractivity contribution in [3.8, 4) is 0 Å². The summed E-state index contributed by atoms with van der Waals surface area (Å²) in [5, 5.41) is 8.30. The van der Waals surface area contributed by atoms with E-state index in [1.54, 1.807) is 13.8 Å². The highest BCUT2D eigenvalue weighted by Crippen LogP contribution is 2.32. The summed E-state index contributed by atoms with van der Waals surface area (Å²) in [6.07, 6.45) is 1.35. The van der Waals surface area contributed by atoms with Crippen molar-refractivity contribution in [3.05, 3.63) is 0 Å². The lowest BCUT2D eigenvalue weighted by molar-refractivity contribution is -0.137. The van der Waals surface area contributed by atoms with Gasteiger partial charge in [0.25, 0.3) is 0 Å². The molecule has 2 N–H and O–H groups in total. The molecule has 0 aliphatic carbocycles. The third-order valence-electron chi connectivity index (χ3n) is 3.35. The van der Waals surface area contributed by atoms with Crippen LogP contribution in [0.4, 0.5) is 0 Å². The van der Waals surface area contributed by atoms with E-state index < -0.39 is 21.2 Å². The van der Waals surface area contributed by atoms with Crippen LogP contribution in [0, 0.1) is 11.3 Å². The number of hydrogen-bond acceptors (Lipinski definition) is 3. The molecule has 0 spiro atoms. The second-order valence-electron chi connectivity index (χ2n) is 6.27. The van der Waals surface area contributed by atoms with Crippen LogP contribution < -0.4 is 4.72 Å². The Morgan fingerprint density at radius 2 is 1.74 bits per heavy atom. The van der Waals surface area contributed by atoms with Crippen molar-refractivity contribution < 1.29 is 18.3 Å². The second kappa shape index (κ2) is 7.24. The second-order valence-corrected chi connectivity index (χ2v) is 8.59. The molecule has 0 amide bonds. The molecule has 6 heteroatoms. The third kappa shape index (κ3) is 7.52. The number of rotatable bonds is 8. The van der Waals surface area contributed by atoms with Crippen molar-refractivity contribution in [1.82, 2.24) is 4.72 Å². The van der Waals surface area contributed by atoms with Gasteiger partial charge in [-0.25, -0.2) is 13.1 Å². The van der Waals surface area contributed by atoms with Crippen LogP contribution in [0.1, 0.15) is 53.9 Å². The van der Waals surface area contributed by atoms with Crippen molar-refractivity contribution in [2.24, 2.45) is 11.3 Å². The molecule has 0 fully saturated rings. The first-order chi connectivity index (χ1) is 8.47. The van der Waals surface area contributed by atoms with Crippen molar-refractivity contribution in [1.29, 1.82) is 0 Å². The van der Waals surface area contributed by atoms with Crippen molar-refractivity contribution in [2.75, 3.05) is 6.54 Å². The first-order valence-electron chi connectivity index (χ1n) is 6.67. The Morgan fingerprint density at radius 3 is 2.11 bits per heavy atom. The fraction of sp³-hybridized carbons (Fsp3) is 0.923. The molecule has 0 aromatic rings. The molecule has 0 aromatic heterocycles. The number of hydrogen-bond donors (Lipinski definition) is 2. The van der Waals surface area contributed by atoms with Gasteiger partial charge in [-0.05, 0) is 38.0 Å². The lowest BCUT2D eigenvalue weighted by Crippen LogP contribution is -2.34. The van der Waals surface area contributed by atoms with E-state index in [0.717, 1.165) is 0 Å². The van der Waals surface area contributed by atoms with Gasteiger partial charge in [0.15, 0.2) is 0 Å². The maximum absolute atomic E-state index is 11.6. The Morgan fingerprint density at radius 1 is 1.21 bits per heavy atom. The molecule has 1 atom stereocenters. The zero-order valence-corrected chi connectivity index (χ0v) is 13.4. The van der Waals surface area contributed by atoms with Crippen molar-refractivity contribution in [3.63, 3.8) is 0 Å². The van der Waals surface area contributed by atoms with E-state index in [4.69, 9.17) is 5.11 Å². The average molecular weight is 293 g/mol. The van der Waals surface area contributed by atoms with E-state index >= 15 is 0 Å². The molecule has 0 aromatic carbocycles. The molecule has 19 heavy (non-hydrogen) atoms. The van der Waals surface area contributed by atoms with E-state index in [2.05, 4.69) is 25.5 Å². The van der Waals surface area contributed by atoms with E-state index in [1.165, 1.54) is 0 Å². The van der Waals surface area contributed by atoms with Crippen LogP contribution in [0.15, 0.2) is 0 Å². The molecular formula is C13H27NO4S. The average Bonchev–Trinajstić information content (AvgIpc) is 2.20. The summed E-state index contributed by atoms with van der Waals surface area (Å²) in [6, 6.07) is 0. The Hall–Kier alpha value is -0.620. The molecule has 0 rings (SSSR count). The summed E-state index contributed by atoms with van der Waals surface area (Å²) in [4.78, 5) is 10.6. The smallest absolute Gasteiger partial charge is 0.303 e. The van der Waals surface area contributed by atoms with Crippen LogP contribution >= 0.6 is 0 Å². The molecule has 0 saturated carbocycles. The van der Waals surface area contributed by atoms with Gasteiger partial charge in [-0.1, -0.05) is 20.8 Å². The van der Waals surface area contributed by atoms with Crippen molar-refractivity contribution >= 4 is 16.0 Å². The fourth-order valence-corrected chi connectivity index (χ4v) is 2.59. The van der Waals surface area contributed by atoms with E-state index in [1.807, 2.05) is 0 Å². The summed E-state index contributed by atoms with van der Waals surface area (Å²) in [7, 11) is -3.24. The SMILES string of the molecule is CC(C)S(=O)(=O)NCCC(CCC(=O)O)C(C)(C)C.